The van der Waals surface area contributed by atoms with E-state index in [9.17, 15) is 14.4 Å². The second kappa shape index (κ2) is 8.24. The van der Waals surface area contributed by atoms with Gasteiger partial charge in [0.05, 0.1) is 0 Å². The lowest BCUT2D eigenvalue weighted by molar-refractivity contribution is -0.125. The van der Waals surface area contributed by atoms with Crippen molar-refractivity contribution >= 4 is 29.0 Å². The fourth-order valence-corrected chi connectivity index (χ4v) is 2.53. The van der Waals surface area contributed by atoms with E-state index >= 15 is 0 Å². The van der Waals surface area contributed by atoms with E-state index in [0.717, 1.165) is 11.3 Å². The molecule has 25 heavy (non-hydrogen) atoms. The third-order valence-corrected chi connectivity index (χ3v) is 3.82. The average Bonchev–Trinajstić information content (AvgIpc) is 2.56. The number of Topliss-reactive ketones (excluding diaryl/α,β-unsaturated/α-hetero) is 1. The van der Waals surface area contributed by atoms with E-state index in [-0.39, 0.29) is 24.0 Å². The monoisotopic (exact) mass is 338 g/mol. The fraction of sp³-hybridized carbons (Fsp3) is 0.250. The molecule has 0 aliphatic rings. The van der Waals surface area contributed by atoms with Gasteiger partial charge in [0.1, 0.15) is 6.42 Å². The molecule has 0 aliphatic heterocycles. The quantitative estimate of drug-likeness (QED) is 0.647. The first kappa shape index (κ1) is 18.4. The lowest BCUT2D eigenvalue weighted by Gasteiger charge is -2.21. The lowest BCUT2D eigenvalue weighted by atomic mass is 10.1. The Bertz CT molecular complexity index is 782. The van der Waals surface area contributed by atoms with Gasteiger partial charge in [-0.25, -0.2) is 0 Å². The van der Waals surface area contributed by atoms with Gasteiger partial charge in [-0.15, -0.1) is 0 Å². The van der Waals surface area contributed by atoms with Gasteiger partial charge in [-0.2, -0.15) is 0 Å². The summed E-state index contributed by atoms with van der Waals surface area (Å²) in [6.45, 7) is 5.80. The molecule has 0 spiro atoms. The van der Waals surface area contributed by atoms with Crippen LogP contribution in [-0.2, 0) is 9.59 Å². The Morgan fingerprint density at radius 1 is 1.04 bits per heavy atom. The van der Waals surface area contributed by atoms with Gasteiger partial charge in [0, 0.05) is 23.5 Å². The molecule has 5 nitrogen and oxygen atoms in total. The van der Waals surface area contributed by atoms with Crippen molar-refractivity contribution in [2.75, 3.05) is 16.8 Å². The van der Waals surface area contributed by atoms with Crippen LogP contribution in [0.2, 0.25) is 0 Å². The molecule has 5 heteroatoms. The summed E-state index contributed by atoms with van der Waals surface area (Å²) < 4.78 is 0. The van der Waals surface area contributed by atoms with Crippen molar-refractivity contribution in [3.63, 3.8) is 0 Å². The van der Waals surface area contributed by atoms with Gasteiger partial charge in [0.2, 0.25) is 11.8 Å². The van der Waals surface area contributed by atoms with Crippen LogP contribution in [0.1, 0.15) is 36.2 Å². The predicted molar refractivity (Wildman–Crippen MR) is 98.9 cm³/mol. The minimum absolute atomic E-state index is 0.0372. The van der Waals surface area contributed by atoms with E-state index in [1.807, 2.05) is 38.1 Å². The van der Waals surface area contributed by atoms with Crippen LogP contribution in [0.15, 0.2) is 48.5 Å². The summed E-state index contributed by atoms with van der Waals surface area (Å²) in [4.78, 5) is 37.4. The zero-order chi connectivity index (χ0) is 18.4. The zero-order valence-corrected chi connectivity index (χ0v) is 14.7. The molecule has 2 amide bonds. The van der Waals surface area contributed by atoms with Crippen LogP contribution in [0.5, 0.6) is 0 Å². The molecule has 130 valence electrons. The van der Waals surface area contributed by atoms with Gasteiger partial charge in [-0.05, 0) is 62.7 Å². The van der Waals surface area contributed by atoms with Gasteiger partial charge in [0.25, 0.3) is 0 Å². The second-order valence-corrected chi connectivity index (χ2v) is 5.84. The van der Waals surface area contributed by atoms with E-state index in [2.05, 4.69) is 5.32 Å². The van der Waals surface area contributed by atoms with E-state index in [0.29, 0.717) is 17.8 Å². The number of hydrogen-bond acceptors (Lipinski definition) is 3. The van der Waals surface area contributed by atoms with Crippen molar-refractivity contribution < 1.29 is 14.4 Å². The first-order valence-corrected chi connectivity index (χ1v) is 8.18. The summed E-state index contributed by atoms with van der Waals surface area (Å²) in [5.74, 6) is -0.678. The van der Waals surface area contributed by atoms with Crippen LogP contribution in [0, 0.1) is 6.92 Å². The number of hydrogen-bond donors (Lipinski definition) is 1. The number of aryl methyl sites for hydroxylation is 1. The van der Waals surface area contributed by atoms with Crippen molar-refractivity contribution in [2.45, 2.75) is 27.2 Å². The van der Waals surface area contributed by atoms with Crippen molar-refractivity contribution in [1.82, 2.24) is 0 Å². The normalized spacial score (nSPS) is 10.2. The maximum absolute atomic E-state index is 12.5. The van der Waals surface area contributed by atoms with Crippen molar-refractivity contribution in [3.05, 3.63) is 59.7 Å². The minimum atomic E-state index is -0.383. The number of carbonyl (C=O) groups excluding carboxylic acids is 3. The molecule has 0 saturated carbocycles. The molecule has 2 aromatic carbocycles. The van der Waals surface area contributed by atoms with Crippen LogP contribution >= 0.6 is 0 Å². The Hall–Kier alpha value is -2.95. The second-order valence-electron chi connectivity index (χ2n) is 5.84. The largest absolute Gasteiger partial charge is 0.326 e. The standard InChI is InChI=1S/C20H22N2O3/c1-4-22(18-7-5-6-14(2)12-18)20(25)13-19(24)21-17-10-8-16(9-11-17)15(3)23/h5-12H,4,13H2,1-3H3,(H,21,24). The number of benzene rings is 2. The molecule has 0 heterocycles. The first-order valence-electron chi connectivity index (χ1n) is 8.18. The number of nitrogens with one attached hydrogen (secondary N) is 1. The maximum atomic E-state index is 12.5. The van der Waals surface area contributed by atoms with Gasteiger partial charge in [-0.3, -0.25) is 14.4 Å². The Kier molecular flexibility index (Phi) is 6.06. The molecule has 2 rings (SSSR count). The molecule has 0 unspecified atom stereocenters. The summed E-state index contributed by atoms with van der Waals surface area (Å²) in [7, 11) is 0. The van der Waals surface area contributed by atoms with Gasteiger partial charge >= 0.3 is 0 Å². The molecule has 0 aromatic heterocycles. The summed E-state index contributed by atoms with van der Waals surface area (Å²) in [6.07, 6.45) is -0.240. The summed E-state index contributed by atoms with van der Waals surface area (Å²) in [6, 6.07) is 14.2. The molecule has 0 radical (unpaired) electrons. The van der Waals surface area contributed by atoms with E-state index in [1.165, 1.54) is 6.92 Å². The van der Waals surface area contributed by atoms with E-state index in [4.69, 9.17) is 0 Å². The Morgan fingerprint density at radius 3 is 2.28 bits per heavy atom. The average molecular weight is 338 g/mol. The Labute approximate surface area is 147 Å². The zero-order valence-electron chi connectivity index (χ0n) is 14.7. The highest BCUT2D eigenvalue weighted by Crippen LogP contribution is 2.17. The van der Waals surface area contributed by atoms with Crippen molar-refractivity contribution in [1.29, 1.82) is 0 Å². The number of ketones is 1. The molecule has 0 bridgehead atoms. The predicted octanol–water partition coefficient (Wildman–Crippen LogP) is 3.58. The molecule has 1 N–H and O–H groups in total. The molecule has 0 saturated heterocycles. The number of amides is 2. The Morgan fingerprint density at radius 2 is 1.72 bits per heavy atom. The van der Waals surface area contributed by atoms with Crippen molar-refractivity contribution in [3.8, 4) is 0 Å². The van der Waals surface area contributed by atoms with Gasteiger partial charge in [-0.1, -0.05) is 12.1 Å². The molecule has 0 fully saturated rings. The first-order chi connectivity index (χ1) is 11.9. The van der Waals surface area contributed by atoms with Crippen LogP contribution in [-0.4, -0.2) is 24.1 Å². The minimum Gasteiger partial charge on any atom is -0.326 e. The smallest absolute Gasteiger partial charge is 0.236 e. The maximum Gasteiger partial charge on any atom is 0.236 e. The topological polar surface area (TPSA) is 66.5 Å². The number of anilines is 2. The summed E-state index contributed by atoms with van der Waals surface area (Å²) in [5, 5.41) is 2.68. The molecule has 0 atom stereocenters. The molecule has 2 aromatic rings. The molecular weight excluding hydrogens is 316 g/mol. The highest BCUT2D eigenvalue weighted by molar-refractivity contribution is 6.09. The van der Waals surface area contributed by atoms with Gasteiger partial charge in [0.15, 0.2) is 5.78 Å². The van der Waals surface area contributed by atoms with Crippen LogP contribution in [0.4, 0.5) is 11.4 Å². The summed E-state index contributed by atoms with van der Waals surface area (Å²) in [5.41, 5.74) is 2.97. The third kappa shape index (κ3) is 5.01. The molecule has 0 aliphatic carbocycles. The number of nitrogens with zero attached hydrogens (tertiary/aromatic N) is 1. The van der Waals surface area contributed by atoms with Crippen LogP contribution in [0.3, 0.4) is 0 Å². The third-order valence-electron chi connectivity index (χ3n) is 3.82. The van der Waals surface area contributed by atoms with E-state index < -0.39 is 0 Å². The van der Waals surface area contributed by atoms with Crippen molar-refractivity contribution in [2.24, 2.45) is 0 Å². The van der Waals surface area contributed by atoms with Gasteiger partial charge < -0.3 is 10.2 Å². The van der Waals surface area contributed by atoms with Crippen LogP contribution in [0.25, 0.3) is 0 Å². The van der Waals surface area contributed by atoms with E-state index in [1.54, 1.807) is 29.2 Å². The number of carbonyl (C=O) groups is 3. The van der Waals surface area contributed by atoms with Crippen LogP contribution < -0.4 is 10.2 Å². The number of rotatable bonds is 6. The lowest BCUT2D eigenvalue weighted by Crippen LogP contribution is -2.33. The summed E-state index contributed by atoms with van der Waals surface area (Å²) >= 11 is 0. The Balaban J connectivity index is 2.01. The SMILES string of the molecule is CCN(C(=O)CC(=O)Nc1ccc(C(C)=O)cc1)c1cccc(C)c1. The fourth-order valence-electron chi connectivity index (χ4n) is 2.53. The highest BCUT2D eigenvalue weighted by atomic mass is 16.2. The molecular formula is C20H22N2O3. The highest BCUT2D eigenvalue weighted by Gasteiger charge is 2.18.